The lowest BCUT2D eigenvalue weighted by Gasteiger charge is -2.16. The van der Waals surface area contributed by atoms with Crippen molar-refractivity contribution in [1.29, 1.82) is 0 Å². The molecule has 0 radical (unpaired) electrons. The summed E-state index contributed by atoms with van der Waals surface area (Å²) in [5, 5.41) is -0.216. The van der Waals surface area contributed by atoms with Crippen molar-refractivity contribution in [3.8, 4) is 0 Å². The zero-order chi connectivity index (χ0) is 11.0. The third-order valence-corrected chi connectivity index (χ3v) is 2.83. The normalized spacial score (nSPS) is 12.9. The molecule has 4 nitrogen and oxygen atoms in total. The first kappa shape index (κ1) is 11.4. The fourth-order valence-electron chi connectivity index (χ4n) is 0.829. The highest BCUT2D eigenvalue weighted by atomic mass is 35.7. The summed E-state index contributed by atoms with van der Waals surface area (Å²) in [5.74, 6) is 0. The number of hydrogen-bond donors (Lipinski definition) is 0. The van der Waals surface area contributed by atoms with Crippen LogP contribution < -0.4 is 0 Å². The molecular formula is C8H11ClN2O2S. The molecule has 6 heteroatoms. The lowest BCUT2D eigenvalue weighted by molar-refractivity contribution is 0.560. The molecule has 14 heavy (non-hydrogen) atoms. The van der Waals surface area contributed by atoms with E-state index in [1.54, 1.807) is 0 Å². The molecule has 1 heterocycles. The minimum Gasteiger partial charge on any atom is -0.256 e. The molecule has 0 saturated carbocycles. The molecule has 0 fully saturated rings. The average Bonchev–Trinajstić information content (AvgIpc) is 2.01. The predicted molar refractivity (Wildman–Crippen MR) is 53.8 cm³/mol. The van der Waals surface area contributed by atoms with Crippen LogP contribution in [0.3, 0.4) is 0 Å². The predicted octanol–water partition coefficient (Wildman–Crippen LogP) is 1.70. The van der Waals surface area contributed by atoms with E-state index in [-0.39, 0.29) is 10.4 Å². The molecule has 1 aromatic heterocycles. The summed E-state index contributed by atoms with van der Waals surface area (Å²) in [6.07, 6.45) is 2.60. The van der Waals surface area contributed by atoms with Crippen LogP contribution in [0.25, 0.3) is 0 Å². The summed E-state index contributed by atoms with van der Waals surface area (Å²) < 4.78 is 21.7. The summed E-state index contributed by atoms with van der Waals surface area (Å²) in [6.45, 7) is 5.89. The van der Waals surface area contributed by atoms with E-state index in [1.807, 2.05) is 20.8 Å². The first-order valence-corrected chi connectivity index (χ1v) is 6.29. The van der Waals surface area contributed by atoms with Gasteiger partial charge < -0.3 is 0 Å². The molecule has 0 aliphatic heterocycles. The van der Waals surface area contributed by atoms with E-state index < -0.39 is 9.05 Å². The van der Waals surface area contributed by atoms with E-state index in [0.717, 1.165) is 5.69 Å². The average molecular weight is 235 g/mol. The van der Waals surface area contributed by atoms with Crippen molar-refractivity contribution < 1.29 is 8.42 Å². The van der Waals surface area contributed by atoms with Crippen LogP contribution in [-0.4, -0.2) is 18.4 Å². The van der Waals surface area contributed by atoms with Gasteiger partial charge in [-0.15, -0.1) is 0 Å². The van der Waals surface area contributed by atoms with Crippen LogP contribution in [0.4, 0.5) is 0 Å². The Labute approximate surface area is 87.8 Å². The van der Waals surface area contributed by atoms with E-state index in [1.165, 1.54) is 12.4 Å². The largest absolute Gasteiger partial charge is 0.280 e. The Kier molecular flexibility index (Phi) is 2.83. The second-order valence-corrected chi connectivity index (χ2v) is 6.44. The molecule has 0 spiro atoms. The summed E-state index contributed by atoms with van der Waals surface area (Å²) >= 11 is 0. The van der Waals surface area contributed by atoms with Crippen LogP contribution >= 0.6 is 10.7 Å². The SMILES string of the molecule is CC(C)(C)c1cnc(S(=O)(=O)Cl)cn1. The van der Waals surface area contributed by atoms with Gasteiger partial charge in [0.15, 0.2) is 5.03 Å². The van der Waals surface area contributed by atoms with Crippen LogP contribution in [0.15, 0.2) is 17.4 Å². The third kappa shape index (κ3) is 2.65. The molecule has 1 rings (SSSR count). The van der Waals surface area contributed by atoms with Crippen LogP contribution in [0.2, 0.25) is 0 Å². The highest BCUT2D eigenvalue weighted by molar-refractivity contribution is 8.13. The molecule has 1 aromatic rings. The molecule has 0 bridgehead atoms. The van der Waals surface area contributed by atoms with Gasteiger partial charge in [0, 0.05) is 16.1 Å². The Hall–Kier alpha value is -0.680. The van der Waals surface area contributed by atoms with Gasteiger partial charge in [0.2, 0.25) is 0 Å². The van der Waals surface area contributed by atoms with Gasteiger partial charge in [0.1, 0.15) is 0 Å². The topological polar surface area (TPSA) is 59.9 Å². The van der Waals surface area contributed by atoms with E-state index in [4.69, 9.17) is 10.7 Å². The highest BCUT2D eigenvalue weighted by Gasteiger charge is 2.18. The van der Waals surface area contributed by atoms with Crippen LogP contribution in [0.1, 0.15) is 26.5 Å². The van der Waals surface area contributed by atoms with Crippen molar-refractivity contribution in [2.45, 2.75) is 31.2 Å². The number of hydrogen-bond acceptors (Lipinski definition) is 4. The van der Waals surface area contributed by atoms with E-state index >= 15 is 0 Å². The van der Waals surface area contributed by atoms with Gasteiger partial charge in [-0.2, -0.15) is 0 Å². The number of rotatable bonds is 1. The maximum atomic E-state index is 10.9. The summed E-state index contributed by atoms with van der Waals surface area (Å²) in [6, 6.07) is 0. The molecule has 78 valence electrons. The molecule has 0 amide bonds. The zero-order valence-corrected chi connectivity index (χ0v) is 9.72. The standard InChI is InChI=1S/C8H11ClN2O2S/c1-8(2,3)6-4-11-7(5-10-6)14(9,12)13/h4-5H,1-3H3. The van der Waals surface area contributed by atoms with Gasteiger partial charge in [0.05, 0.1) is 18.1 Å². The Morgan fingerprint density at radius 2 is 1.79 bits per heavy atom. The van der Waals surface area contributed by atoms with Crippen molar-refractivity contribution in [3.05, 3.63) is 18.1 Å². The molecule has 0 N–H and O–H groups in total. The quantitative estimate of drug-likeness (QED) is 0.694. The Morgan fingerprint density at radius 1 is 1.21 bits per heavy atom. The molecule has 0 saturated heterocycles. The highest BCUT2D eigenvalue weighted by Crippen LogP contribution is 2.20. The van der Waals surface area contributed by atoms with E-state index in [9.17, 15) is 8.42 Å². The van der Waals surface area contributed by atoms with Crippen LogP contribution in [-0.2, 0) is 14.5 Å². The second-order valence-electron chi connectivity index (χ2n) is 3.93. The van der Waals surface area contributed by atoms with Crippen molar-refractivity contribution >= 4 is 19.7 Å². The fourth-order valence-corrected chi connectivity index (χ4v) is 1.43. The molecule has 0 aliphatic carbocycles. The summed E-state index contributed by atoms with van der Waals surface area (Å²) in [5.41, 5.74) is 0.572. The van der Waals surface area contributed by atoms with Gasteiger partial charge in [-0.3, -0.25) is 4.98 Å². The first-order chi connectivity index (χ1) is 6.21. The fraction of sp³-hybridized carbons (Fsp3) is 0.500. The monoisotopic (exact) mass is 234 g/mol. The molecule has 0 aromatic carbocycles. The maximum absolute atomic E-state index is 10.9. The van der Waals surface area contributed by atoms with Gasteiger partial charge in [0.25, 0.3) is 9.05 Å². The van der Waals surface area contributed by atoms with E-state index in [2.05, 4.69) is 9.97 Å². The summed E-state index contributed by atoms with van der Waals surface area (Å²) in [4.78, 5) is 7.72. The van der Waals surface area contributed by atoms with Gasteiger partial charge >= 0.3 is 0 Å². The third-order valence-electron chi connectivity index (χ3n) is 1.65. The molecular weight excluding hydrogens is 224 g/mol. The maximum Gasteiger partial charge on any atom is 0.280 e. The lowest BCUT2D eigenvalue weighted by atomic mass is 9.93. The van der Waals surface area contributed by atoms with E-state index in [0.29, 0.717) is 0 Å². The molecule has 0 atom stereocenters. The lowest BCUT2D eigenvalue weighted by Crippen LogP contribution is -2.14. The molecule has 0 aliphatic rings. The minimum atomic E-state index is -3.77. The van der Waals surface area contributed by atoms with Crippen molar-refractivity contribution in [1.82, 2.24) is 9.97 Å². The van der Waals surface area contributed by atoms with Crippen molar-refractivity contribution in [2.24, 2.45) is 0 Å². The Morgan fingerprint density at radius 3 is 2.07 bits per heavy atom. The zero-order valence-electron chi connectivity index (χ0n) is 8.15. The number of halogens is 1. The van der Waals surface area contributed by atoms with Crippen molar-refractivity contribution in [2.75, 3.05) is 0 Å². The van der Waals surface area contributed by atoms with Crippen LogP contribution in [0, 0.1) is 0 Å². The van der Waals surface area contributed by atoms with Crippen LogP contribution in [0.5, 0.6) is 0 Å². The number of aromatic nitrogens is 2. The first-order valence-electron chi connectivity index (χ1n) is 3.98. The minimum absolute atomic E-state index is 0.151. The smallest absolute Gasteiger partial charge is 0.256 e. The van der Waals surface area contributed by atoms with Gasteiger partial charge in [-0.1, -0.05) is 20.8 Å². The second kappa shape index (κ2) is 3.47. The van der Waals surface area contributed by atoms with Gasteiger partial charge in [-0.05, 0) is 0 Å². The number of nitrogens with zero attached hydrogens (tertiary/aromatic N) is 2. The molecule has 0 unspecified atom stereocenters. The van der Waals surface area contributed by atoms with Crippen molar-refractivity contribution in [3.63, 3.8) is 0 Å². The summed E-state index contributed by atoms with van der Waals surface area (Å²) in [7, 11) is 1.33. The van der Waals surface area contributed by atoms with Gasteiger partial charge in [-0.25, -0.2) is 13.4 Å². The Balaban J connectivity index is 3.14. The Bertz CT molecular complexity index is 420.